The molecular weight excluding hydrogens is 424 g/mol. The number of hydrogen-bond acceptors (Lipinski definition) is 8. The molecule has 3 fully saturated rings. The predicted octanol–water partition coefficient (Wildman–Crippen LogP) is -3.72. The van der Waals surface area contributed by atoms with Crippen molar-refractivity contribution in [3.63, 3.8) is 0 Å². The minimum atomic E-state index is -4.30. The second-order valence-electron chi connectivity index (χ2n) is 6.87. The van der Waals surface area contributed by atoms with Gasteiger partial charge >= 0.3 is 29.6 Å². The number of ketones is 2. The molecule has 3 aliphatic heterocycles. The molecule has 5 rings (SSSR count). The van der Waals surface area contributed by atoms with Gasteiger partial charge in [0, 0.05) is 45.3 Å². The Morgan fingerprint density at radius 3 is 1.83 bits per heavy atom. The maximum atomic E-state index is 12.4. The number of rotatable bonds is 4. The number of carbonyl (C=O) groups is 2. The van der Waals surface area contributed by atoms with Gasteiger partial charge in [-0.3, -0.25) is 9.59 Å². The molecular formula is C18H19N3NaO5PS. The average Bonchev–Trinajstić information content (AvgIpc) is 3.45. The zero-order valence-electron chi connectivity index (χ0n) is 16.0. The van der Waals surface area contributed by atoms with Crippen molar-refractivity contribution in [3.8, 4) is 0 Å². The fourth-order valence-corrected chi connectivity index (χ4v) is 4.23. The number of Topliss-reactive ketones (excluding diaryl/α,β-unsaturated/α-hetero) is 1. The Kier molecular flexibility index (Phi) is 6.58. The molecule has 11 heteroatoms. The van der Waals surface area contributed by atoms with Gasteiger partial charge in [0.1, 0.15) is 21.5 Å². The summed E-state index contributed by atoms with van der Waals surface area (Å²) in [5, 5.41) is 0.405. The van der Waals surface area contributed by atoms with Crippen molar-refractivity contribution in [1.82, 2.24) is 14.7 Å². The number of allylic oxidation sites excluding steroid dienone is 1. The molecule has 4 aliphatic rings. The van der Waals surface area contributed by atoms with Crippen LogP contribution in [0.3, 0.4) is 0 Å². The molecule has 0 bridgehead atoms. The second kappa shape index (κ2) is 8.49. The molecule has 148 valence electrons. The van der Waals surface area contributed by atoms with E-state index < -0.39 is 10.1 Å². The fourth-order valence-electron chi connectivity index (χ4n) is 2.98. The van der Waals surface area contributed by atoms with Crippen LogP contribution in [-0.4, -0.2) is 78.5 Å². The quantitative estimate of drug-likeness (QED) is 0.154. The number of nitrogens with zero attached hydrogens (tertiary/aromatic N) is 3. The maximum Gasteiger partial charge on any atom is 1.00 e. The first-order valence-electron chi connectivity index (χ1n) is 8.87. The van der Waals surface area contributed by atoms with Gasteiger partial charge in [-0.05, 0) is 11.4 Å². The van der Waals surface area contributed by atoms with E-state index >= 15 is 0 Å². The minimum absolute atomic E-state index is 0. The van der Waals surface area contributed by atoms with E-state index in [9.17, 15) is 22.6 Å². The molecule has 3 saturated heterocycles. The largest absolute Gasteiger partial charge is 1.00 e. The van der Waals surface area contributed by atoms with Gasteiger partial charge in [-0.2, -0.15) is 0 Å². The molecule has 0 spiro atoms. The molecule has 3 heterocycles. The minimum Gasteiger partial charge on any atom is -0.744 e. The smallest absolute Gasteiger partial charge is 0.744 e. The first-order valence-corrected chi connectivity index (χ1v) is 10.9. The van der Waals surface area contributed by atoms with Gasteiger partial charge in [0.25, 0.3) is 0 Å². The third-order valence-corrected chi connectivity index (χ3v) is 6.30. The van der Waals surface area contributed by atoms with Crippen LogP contribution in [0.25, 0.3) is 0 Å². The van der Waals surface area contributed by atoms with Crippen molar-refractivity contribution < 1.29 is 52.1 Å². The summed E-state index contributed by atoms with van der Waals surface area (Å²) < 4.78 is 31.5. The first kappa shape index (κ1) is 22.5. The van der Waals surface area contributed by atoms with E-state index in [4.69, 9.17) is 0 Å². The van der Waals surface area contributed by atoms with E-state index in [1.54, 1.807) is 12.1 Å². The van der Waals surface area contributed by atoms with Gasteiger partial charge in [-0.1, -0.05) is 18.2 Å². The van der Waals surface area contributed by atoms with E-state index in [0.717, 1.165) is 39.3 Å². The Bertz CT molecular complexity index is 1030. The predicted molar refractivity (Wildman–Crippen MR) is 104 cm³/mol. The van der Waals surface area contributed by atoms with Crippen LogP contribution in [0.5, 0.6) is 0 Å². The Balaban J connectivity index is 0.000000177. The molecule has 1 aliphatic carbocycles. The van der Waals surface area contributed by atoms with Crippen LogP contribution in [0, 0.1) is 0 Å². The summed E-state index contributed by atoms with van der Waals surface area (Å²) in [6.45, 7) is 5.41. The van der Waals surface area contributed by atoms with E-state index in [1.807, 2.05) is 14.7 Å². The van der Waals surface area contributed by atoms with Crippen molar-refractivity contribution in [3.05, 3.63) is 47.4 Å². The molecule has 1 unspecified atom stereocenters. The zero-order valence-corrected chi connectivity index (χ0v) is 20.0. The average molecular weight is 443 g/mol. The number of carbonyl (C=O) groups excluding carboxylic acids is 2. The van der Waals surface area contributed by atoms with Gasteiger partial charge in [0.05, 0.1) is 10.6 Å². The summed E-state index contributed by atoms with van der Waals surface area (Å²) >= 11 is 0. The second-order valence-corrected chi connectivity index (χ2v) is 8.84. The van der Waals surface area contributed by atoms with Crippen molar-refractivity contribution in [2.45, 2.75) is 4.90 Å². The Morgan fingerprint density at radius 2 is 1.38 bits per heavy atom. The monoisotopic (exact) mass is 443 g/mol. The SMILES string of the molecule is O=C1C=C(N2CC2)C(=O)C(N2CC2)=C1N1CC1.O=S(=O)([O-])c1ccccc1P.[Na+]. The van der Waals surface area contributed by atoms with E-state index in [0.29, 0.717) is 22.4 Å². The van der Waals surface area contributed by atoms with Gasteiger partial charge < -0.3 is 19.3 Å². The zero-order chi connectivity index (χ0) is 20.1. The number of hydrogen-bond donors (Lipinski definition) is 0. The summed E-state index contributed by atoms with van der Waals surface area (Å²) in [5.74, 6) is 0.0485. The van der Waals surface area contributed by atoms with E-state index in [2.05, 4.69) is 9.24 Å². The van der Waals surface area contributed by atoms with Crippen LogP contribution in [0.1, 0.15) is 0 Å². The van der Waals surface area contributed by atoms with Crippen molar-refractivity contribution in [2.24, 2.45) is 0 Å². The fraction of sp³-hybridized carbons (Fsp3) is 0.333. The molecule has 1 atom stereocenters. The van der Waals surface area contributed by atoms with Crippen LogP contribution in [-0.2, 0) is 19.7 Å². The summed E-state index contributed by atoms with van der Waals surface area (Å²) in [7, 11) is -2.11. The third kappa shape index (κ3) is 5.10. The van der Waals surface area contributed by atoms with Gasteiger partial charge in [0.2, 0.25) is 11.6 Å². The first-order chi connectivity index (χ1) is 13.3. The molecule has 0 amide bonds. The van der Waals surface area contributed by atoms with Crippen LogP contribution in [0.2, 0.25) is 0 Å². The summed E-state index contributed by atoms with van der Waals surface area (Å²) in [6, 6.07) is 6.01. The molecule has 8 nitrogen and oxygen atoms in total. The van der Waals surface area contributed by atoms with Crippen LogP contribution < -0.4 is 34.9 Å². The van der Waals surface area contributed by atoms with Crippen LogP contribution >= 0.6 is 9.24 Å². The van der Waals surface area contributed by atoms with Crippen molar-refractivity contribution in [1.29, 1.82) is 0 Å². The Morgan fingerprint density at radius 1 is 0.862 bits per heavy atom. The molecule has 0 saturated carbocycles. The Hall–Kier alpha value is -1.22. The molecule has 1 aromatic rings. The van der Waals surface area contributed by atoms with Crippen LogP contribution in [0.15, 0.2) is 52.3 Å². The summed E-state index contributed by atoms with van der Waals surface area (Å²) in [6.07, 6.45) is 1.52. The normalized spacial score (nSPS) is 19.9. The molecule has 29 heavy (non-hydrogen) atoms. The van der Waals surface area contributed by atoms with Gasteiger partial charge in [0.15, 0.2) is 0 Å². The molecule has 0 radical (unpaired) electrons. The molecule has 1 aromatic carbocycles. The van der Waals surface area contributed by atoms with Gasteiger partial charge in [-0.15, -0.1) is 9.24 Å². The third-order valence-electron chi connectivity index (χ3n) is 4.68. The summed E-state index contributed by atoms with van der Waals surface area (Å²) in [4.78, 5) is 30.3. The van der Waals surface area contributed by atoms with Gasteiger partial charge in [-0.25, -0.2) is 8.42 Å². The van der Waals surface area contributed by atoms with Crippen LogP contribution in [0.4, 0.5) is 0 Å². The molecule has 0 N–H and O–H groups in total. The topological polar surface area (TPSA) is 100 Å². The number of benzene rings is 1. The molecule has 0 aromatic heterocycles. The standard InChI is InChI=1S/C12H13N3O2.C6H7O3PS.Na/c16-9-7-8(13-1-2-13)12(17)11(15-5-6-15)10(9)14-3-4-14;7-11(8,9)6-4-2-1-3-5(6)10;/h7H,1-6H2;1-4H,10H2,(H,7,8,9);/q;;+1/p-1. The Labute approximate surface area is 193 Å². The summed E-state index contributed by atoms with van der Waals surface area (Å²) in [5.41, 5.74) is 1.89. The van der Waals surface area contributed by atoms with E-state index in [-0.39, 0.29) is 46.0 Å². The van der Waals surface area contributed by atoms with Crippen molar-refractivity contribution >= 4 is 36.2 Å². The van der Waals surface area contributed by atoms with Crippen molar-refractivity contribution in [2.75, 3.05) is 39.3 Å². The maximum absolute atomic E-state index is 12.4. The van der Waals surface area contributed by atoms with E-state index in [1.165, 1.54) is 18.2 Å².